The molecule has 1 fully saturated rings. The Morgan fingerprint density at radius 3 is 2.62 bits per heavy atom. The zero-order valence-electron chi connectivity index (χ0n) is 13.6. The number of thiazole rings is 1. The molecule has 1 atom stereocenters. The average Bonchev–Trinajstić information content (AvgIpc) is 2.88. The Balaban J connectivity index is 1.91. The number of aryl methyl sites for hydroxylation is 1. The lowest BCUT2D eigenvalue weighted by Crippen LogP contribution is -2.37. The molecule has 1 aromatic rings. The first-order valence-electron chi connectivity index (χ1n) is 8.35. The number of ether oxygens (including phenoxy) is 1. The molecule has 1 unspecified atom stereocenters. The van der Waals surface area contributed by atoms with Crippen LogP contribution >= 0.6 is 11.3 Å². The minimum atomic E-state index is -0.147. The maximum atomic E-state index is 6.28. The van der Waals surface area contributed by atoms with Crippen molar-refractivity contribution in [2.75, 3.05) is 6.61 Å². The fraction of sp³-hybridized carbons (Fsp3) is 0.824. The maximum Gasteiger partial charge on any atom is 0.125 e. The van der Waals surface area contributed by atoms with Crippen LogP contribution in [0.25, 0.3) is 0 Å². The van der Waals surface area contributed by atoms with Crippen molar-refractivity contribution < 1.29 is 4.74 Å². The van der Waals surface area contributed by atoms with Crippen molar-refractivity contribution in [3.05, 3.63) is 15.6 Å². The van der Waals surface area contributed by atoms with Crippen molar-refractivity contribution in [2.24, 2.45) is 11.1 Å². The molecule has 3 rings (SSSR count). The highest BCUT2D eigenvalue weighted by Crippen LogP contribution is 2.49. The molecule has 2 aliphatic rings. The molecule has 1 aromatic heterocycles. The van der Waals surface area contributed by atoms with E-state index in [1.165, 1.54) is 34.8 Å². The summed E-state index contributed by atoms with van der Waals surface area (Å²) in [4.78, 5) is 6.30. The van der Waals surface area contributed by atoms with E-state index in [0.717, 1.165) is 32.3 Å². The topological polar surface area (TPSA) is 48.1 Å². The van der Waals surface area contributed by atoms with Crippen LogP contribution in [0.3, 0.4) is 0 Å². The summed E-state index contributed by atoms with van der Waals surface area (Å²) in [5, 5.41) is 1.20. The molecule has 0 amide bonds. The van der Waals surface area contributed by atoms with E-state index in [9.17, 15) is 0 Å². The third-order valence-electron chi connectivity index (χ3n) is 5.21. The normalized spacial score (nSPS) is 27.3. The second-order valence-electron chi connectivity index (χ2n) is 7.42. The minimum absolute atomic E-state index is 0.147. The van der Waals surface area contributed by atoms with Gasteiger partial charge in [-0.15, -0.1) is 11.3 Å². The minimum Gasteiger partial charge on any atom is -0.368 e. The van der Waals surface area contributed by atoms with Crippen molar-refractivity contribution in [3.8, 4) is 0 Å². The van der Waals surface area contributed by atoms with Gasteiger partial charge in [0.25, 0.3) is 0 Å². The molecule has 0 aliphatic heterocycles. The number of rotatable bonds is 3. The average molecular weight is 308 g/mol. The number of nitrogens with two attached hydrogens (primary N) is 1. The van der Waals surface area contributed by atoms with Gasteiger partial charge in [0.15, 0.2) is 0 Å². The molecule has 0 radical (unpaired) electrons. The van der Waals surface area contributed by atoms with Crippen LogP contribution in [0, 0.1) is 5.41 Å². The molecule has 0 bridgehead atoms. The van der Waals surface area contributed by atoms with Gasteiger partial charge in [0.2, 0.25) is 0 Å². The van der Waals surface area contributed by atoms with Gasteiger partial charge in [-0.25, -0.2) is 4.98 Å². The SMILES string of the molecule is CCOC1(c2nc3c(s2)C(N)CCC3)CCC(C)(C)CC1. The third-order valence-corrected chi connectivity index (χ3v) is 6.63. The first kappa shape index (κ1) is 15.4. The Morgan fingerprint density at radius 2 is 2.00 bits per heavy atom. The van der Waals surface area contributed by atoms with Crippen LogP contribution in [0.5, 0.6) is 0 Å². The van der Waals surface area contributed by atoms with E-state index >= 15 is 0 Å². The van der Waals surface area contributed by atoms with Crippen molar-refractivity contribution in [3.63, 3.8) is 0 Å². The summed E-state index contributed by atoms with van der Waals surface area (Å²) in [5.74, 6) is 0. The number of nitrogens with zero attached hydrogens (tertiary/aromatic N) is 1. The van der Waals surface area contributed by atoms with Crippen LogP contribution in [0.1, 0.15) is 80.9 Å². The predicted molar refractivity (Wildman–Crippen MR) is 87.5 cm³/mol. The predicted octanol–water partition coefficient (Wildman–Crippen LogP) is 4.31. The second kappa shape index (κ2) is 5.64. The van der Waals surface area contributed by atoms with Crippen LogP contribution in [-0.4, -0.2) is 11.6 Å². The second-order valence-corrected chi connectivity index (χ2v) is 8.45. The molecular formula is C17H28N2OS. The summed E-state index contributed by atoms with van der Waals surface area (Å²) >= 11 is 1.83. The lowest BCUT2D eigenvalue weighted by atomic mass is 9.71. The molecule has 1 saturated carbocycles. The van der Waals surface area contributed by atoms with E-state index in [-0.39, 0.29) is 11.6 Å². The molecule has 21 heavy (non-hydrogen) atoms. The van der Waals surface area contributed by atoms with Gasteiger partial charge in [-0.2, -0.15) is 0 Å². The van der Waals surface area contributed by atoms with Crippen LogP contribution in [0.2, 0.25) is 0 Å². The summed E-state index contributed by atoms with van der Waals surface area (Å²) in [6.45, 7) is 7.59. The molecule has 2 aliphatic carbocycles. The van der Waals surface area contributed by atoms with Gasteiger partial charge in [-0.05, 0) is 57.3 Å². The smallest absolute Gasteiger partial charge is 0.125 e. The van der Waals surface area contributed by atoms with Gasteiger partial charge in [-0.3, -0.25) is 0 Å². The Kier molecular flexibility index (Phi) is 4.15. The first-order chi connectivity index (χ1) is 9.96. The highest BCUT2D eigenvalue weighted by molar-refractivity contribution is 7.12. The molecular weight excluding hydrogens is 280 g/mol. The van der Waals surface area contributed by atoms with Crippen LogP contribution in [0.4, 0.5) is 0 Å². The Bertz CT molecular complexity index is 499. The number of hydrogen-bond acceptors (Lipinski definition) is 4. The third kappa shape index (κ3) is 2.90. The van der Waals surface area contributed by atoms with E-state index in [0.29, 0.717) is 5.41 Å². The van der Waals surface area contributed by atoms with Gasteiger partial charge in [0, 0.05) is 17.5 Å². The van der Waals surface area contributed by atoms with E-state index in [2.05, 4.69) is 20.8 Å². The monoisotopic (exact) mass is 308 g/mol. The fourth-order valence-corrected chi connectivity index (χ4v) is 5.02. The van der Waals surface area contributed by atoms with E-state index in [1.54, 1.807) is 0 Å². The van der Waals surface area contributed by atoms with E-state index in [1.807, 2.05) is 11.3 Å². The molecule has 0 aromatic carbocycles. The zero-order chi connectivity index (χ0) is 15.1. The summed E-state index contributed by atoms with van der Waals surface area (Å²) in [5.41, 5.74) is 7.82. The Morgan fingerprint density at radius 1 is 1.29 bits per heavy atom. The number of hydrogen-bond donors (Lipinski definition) is 1. The van der Waals surface area contributed by atoms with E-state index in [4.69, 9.17) is 15.5 Å². The van der Waals surface area contributed by atoms with Crippen LogP contribution in [-0.2, 0) is 16.8 Å². The van der Waals surface area contributed by atoms with Crippen molar-refractivity contribution >= 4 is 11.3 Å². The van der Waals surface area contributed by atoms with Crippen LogP contribution < -0.4 is 5.73 Å². The molecule has 2 N–H and O–H groups in total. The molecule has 3 nitrogen and oxygen atoms in total. The molecule has 1 heterocycles. The van der Waals surface area contributed by atoms with Gasteiger partial charge < -0.3 is 10.5 Å². The first-order valence-corrected chi connectivity index (χ1v) is 9.17. The number of aromatic nitrogens is 1. The highest BCUT2D eigenvalue weighted by Gasteiger charge is 2.43. The summed E-state index contributed by atoms with van der Waals surface area (Å²) in [7, 11) is 0. The molecule has 0 spiro atoms. The van der Waals surface area contributed by atoms with E-state index < -0.39 is 0 Å². The largest absolute Gasteiger partial charge is 0.368 e. The Hall–Kier alpha value is -0.450. The summed E-state index contributed by atoms with van der Waals surface area (Å²) in [6.07, 6.45) is 7.97. The highest BCUT2D eigenvalue weighted by atomic mass is 32.1. The van der Waals surface area contributed by atoms with Crippen LogP contribution in [0.15, 0.2) is 0 Å². The lowest BCUT2D eigenvalue weighted by Gasteiger charge is -2.42. The van der Waals surface area contributed by atoms with Crippen molar-refractivity contribution in [1.82, 2.24) is 4.98 Å². The molecule has 4 heteroatoms. The maximum absolute atomic E-state index is 6.28. The van der Waals surface area contributed by atoms with Crippen molar-refractivity contribution in [1.29, 1.82) is 0 Å². The van der Waals surface area contributed by atoms with Gasteiger partial charge >= 0.3 is 0 Å². The number of fused-ring (bicyclic) bond motifs is 1. The zero-order valence-corrected chi connectivity index (χ0v) is 14.4. The van der Waals surface area contributed by atoms with Gasteiger partial charge in [0.1, 0.15) is 10.6 Å². The summed E-state index contributed by atoms with van der Waals surface area (Å²) < 4.78 is 6.27. The molecule has 0 saturated heterocycles. The van der Waals surface area contributed by atoms with Gasteiger partial charge in [0.05, 0.1) is 5.69 Å². The molecule has 118 valence electrons. The van der Waals surface area contributed by atoms with Crippen molar-refractivity contribution in [2.45, 2.75) is 77.4 Å². The standard InChI is InChI=1S/C17H28N2OS/c1-4-20-17(10-8-16(2,3)9-11-17)15-19-13-7-5-6-12(18)14(13)21-15/h12H,4-11,18H2,1-3H3. The summed E-state index contributed by atoms with van der Waals surface area (Å²) in [6, 6.07) is 0.193. The Labute approximate surface area is 132 Å². The lowest BCUT2D eigenvalue weighted by molar-refractivity contribution is -0.0891. The van der Waals surface area contributed by atoms with Gasteiger partial charge in [-0.1, -0.05) is 13.8 Å². The quantitative estimate of drug-likeness (QED) is 0.905. The fourth-order valence-electron chi connectivity index (χ4n) is 3.67.